The summed E-state index contributed by atoms with van der Waals surface area (Å²) in [5, 5.41) is 27.5. The van der Waals surface area contributed by atoms with E-state index < -0.39 is 42.0 Å². The van der Waals surface area contributed by atoms with E-state index in [1.54, 1.807) is 0 Å². The second-order valence-corrected chi connectivity index (χ2v) is 14.9. The van der Waals surface area contributed by atoms with Crippen LogP contribution in [0.2, 0.25) is 0 Å². The van der Waals surface area contributed by atoms with Gasteiger partial charge in [-0.2, -0.15) is 4.39 Å². The minimum atomic E-state index is -2.92. The molecule has 0 amide bonds. The molecule has 10 heteroatoms. The first-order valence-corrected chi connectivity index (χ1v) is 16.1. The van der Waals surface area contributed by atoms with Crippen molar-refractivity contribution >= 4 is 53.3 Å². The third kappa shape index (κ3) is 5.99. The van der Waals surface area contributed by atoms with Crippen molar-refractivity contribution in [1.82, 2.24) is 0 Å². The van der Waals surface area contributed by atoms with Crippen LogP contribution >= 0.6 is 15.0 Å². The fourth-order valence-corrected chi connectivity index (χ4v) is 12.9. The van der Waals surface area contributed by atoms with Crippen molar-refractivity contribution in [3.05, 3.63) is 160 Å². The Hall–Kier alpha value is -4.51. The van der Waals surface area contributed by atoms with Crippen LogP contribution in [0.5, 0.6) is 0 Å². The summed E-state index contributed by atoms with van der Waals surface area (Å²) in [5.74, 6) is -0.674. The summed E-state index contributed by atoms with van der Waals surface area (Å²) in [6.07, 6.45) is 0. The van der Waals surface area contributed by atoms with Gasteiger partial charge in [-0.25, -0.2) is 0 Å². The van der Waals surface area contributed by atoms with E-state index in [9.17, 15) is 20.2 Å². The van der Waals surface area contributed by atoms with E-state index in [1.807, 2.05) is 97.1 Å². The Morgan fingerprint density at radius 1 is 0.634 bits per heavy atom. The second-order valence-electron chi connectivity index (χ2n) is 9.09. The predicted octanol–water partition coefficient (Wildman–Crippen LogP) is 7.22. The first kappa shape index (κ1) is 28.0. The second kappa shape index (κ2) is 12.3. The van der Waals surface area contributed by atoms with Gasteiger partial charge in [-0.3, -0.25) is 25.0 Å². The lowest BCUT2D eigenvalue weighted by molar-refractivity contribution is -0.395. The average molecular weight is 583 g/mol. The third-order valence-corrected chi connectivity index (χ3v) is 14.0. The van der Waals surface area contributed by atoms with E-state index in [0.717, 1.165) is 27.3 Å². The van der Waals surface area contributed by atoms with Crippen molar-refractivity contribution < 1.29 is 14.2 Å². The van der Waals surface area contributed by atoms with Gasteiger partial charge in [0.05, 0.1) is 15.9 Å². The minimum absolute atomic E-state index is 0.227. The maximum Gasteiger partial charge on any atom is 0.311 e. The van der Waals surface area contributed by atoms with Crippen molar-refractivity contribution in [3.63, 3.8) is 0 Å². The van der Waals surface area contributed by atoms with Crippen LogP contribution in [0.3, 0.4) is 0 Å². The monoisotopic (exact) mass is 583 g/mol. The molecule has 204 valence electrons. The molecule has 0 spiro atoms. The molecule has 0 N–H and O–H groups in total. The first-order valence-electron chi connectivity index (χ1n) is 12.6. The maximum absolute atomic E-state index is 15.0. The number of nitrogens with zero attached hydrogens (tertiary/aromatic N) is 3. The third-order valence-electron chi connectivity index (χ3n) is 6.56. The summed E-state index contributed by atoms with van der Waals surface area (Å²) in [5.41, 5.74) is -1.80. The highest BCUT2D eigenvalue weighted by Crippen LogP contribution is 2.59. The van der Waals surface area contributed by atoms with Crippen molar-refractivity contribution in [1.29, 1.82) is 0 Å². The van der Waals surface area contributed by atoms with E-state index >= 15 is 4.39 Å². The molecule has 0 heterocycles. The van der Waals surface area contributed by atoms with Crippen molar-refractivity contribution in [3.8, 4) is 0 Å². The van der Waals surface area contributed by atoms with Gasteiger partial charge < -0.3 is 0 Å². The summed E-state index contributed by atoms with van der Waals surface area (Å²) in [6.45, 7) is 0. The molecule has 0 atom stereocenters. The highest BCUT2D eigenvalue weighted by atomic mass is 31.2. The van der Waals surface area contributed by atoms with E-state index in [2.05, 4.69) is 24.3 Å². The van der Waals surface area contributed by atoms with Gasteiger partial charge in [-0.15, -0.1) is 0 Å². The summed E-state index contributed by atoms with van der Waals surface area (Å²) >= 11 is 0. The van der Waals surface area contributed by atoms with E-state index in [4.69, 9.17) is 4.74 Å². The smallest absolute Gasteiger partial charge is 0.258 e. The number of nitro benzene ring substituents is 2. The Morgan fingerprint density at radius 3 is 1.46 bits per heavy atom. The topological polar surface area (TPSA) is 98.6 Å². The standard InChI is InChI=1S/C31H24FN3O4P2/c32-28-21-29(31(35(38)39)22-30(28)34(36)37)33-41(26-17-9-3-10-18-26,27-19-11-4-12-20-27)23-40(24-13-5-1-6-14-24)25-15-7-2-8-16-25/h1-22H,23H2. The summed E-state index contributed by atoms with van der Waals surface area (Å²) < 4.78 is 20.1. The predicted molar refractivity (Wildman–Crippen MR) is 165 cm³/mol. The maximum atomic E-state index is 15.0. The van der Waals surface area contributed by atoms with E-state index in [1.165, 1.54) is 0 Å². The average Bonchev–Trinajstić information content (AvgIpc) is 3.00. The van der Waals surface area contributed by atoms with Gasteiger partial charge in [0.2, 0.25) is 5.82 Å². The van der Waals surface area contributed by atoms with E-state index in [-0.39, 0.29) is 5.69 Å². The number of hydrogen-bond donors (Lipinski definition) is 0. The minimum Gasteiger partial charge on any atom is -0.258 e. The molecule has 41 heavy (non-hydrogen) atoms. The van der Waals surface area contributed by atoms with Crippen molar-refractivity contribution in [2.45, 2.75) is 0 Å². The van der Waals surface area contributed by atoms with Crippen LogP contribution in [-0.2, 0) is 0 Å². The molecule has 0 saturated heterocycles. The van der Waals surface area contributed by atoms with Crippen LogP contribution < -0.4 is 21.2 Å². The Balaban J connectivity index is 1.88. The number of hydrogen-bond acceptors (Lipinski definition) is 5. The summed E-state index contributed by atoms with van der Waals surface area (Å²) in [4.78, 5) is 21.9. The fraction of sp³-hybridized carbons (Fsp3) is 0.0323. The molecule has 0 aliphatic rings. The van der Waals surface area contributed by atoms with E-state index in [0.29, 0.717) is 12.0 Å². The zero-order chi connectivity index (χ0) is 28.8. The van der Waals surface area contributed by atoms with Gasteiger partial charge in [0.25, 0.3) is 0 Å². The quantitative estimate of drug-likeness (QED) is 0.104. The first-order chi connectivity index (χ1) is 19.9. The lowest BCUT2D eigenvalue weighted by Crippen LogP contribution is -2.23. The van der Waals surface area contributed by atoms with Gasteiger partial charge in [-0.1, -0.05) is 121 Å². The fourth-order valence-electron chi connectivity index (χ4n) is 4.63. The van der Waals surface area contributed by atoms with Gasteiger partial charge in [0.15, 0.2) is 0 Å². The zero-order valence-electron chi connectivity index (χ0n) is 21.7. The SMILES string of the molecule is O=[N+]([O-])c1cc([N+](=O)[O-])c(N=P(CP(c2ccccc2)c2ccccc2)(c2ccccc2)c2ccccc2)cc1F. The molecule has 5 aromatic rings. The lowest BCUT2D eigenvalue weighted by atomic mass is 10.2. The molecule has 0 aliphatic heterocycles. The number of benzene rings is 5. The molecule has 0 aliphatic carbocycles. The van der Waals surface area contributed by atoms with Gasteiger partial charge >= 0.3 is 11.4 Å². The van der Waals surface area contributed by atoms with Crippen LogP contribution in [0.4, 0.5) is 21.5 Å². The van der Waals surface area contributed by atoms with Crippen LogP contribution in [0.15, 0.2) is 138 Å². The molecular formula is C31H24FN3O4P2. The van der Waals surface area contributed by atoms with Crippen LogP contribution in [0, 0.1) is 26.0 Å². The Bertz CT molecular complexity index is 1660. The number of nitro groups is 2. The van der Waals surface area contributed by atoms with Crippen LogP contribution in [0.25, 0.3) is 0 Å². The van der Waals surface area contributed by atoms with Gasteiger partial charge in [0, 0.05) is 19.0 Å². The number of rotatable bonds is 9. The summed E-state index contributed by atoms with van der Waals surface area (Å²) in [7, 11) is -3.97. The highest BCUT2D eigenvalue weighted by Gasteiger charge is 2.33. The zero-order valence-corrected chi connectivity index (χ0v) is 23.4. The van der Waals surface area contributed by atoms with Gasteiger partial charge in [-0.05, 0) is 29.1 Å². The molecule has 0 unspecified atom stereocenters. The molecule has 0 radical (unpaired) electrons. The Morgan fingerprint density at radius 2 is 1.05 bits per heavy atom. The molecule has 5 rings (SSSR count). The lowest BCUT2D eigenvalue weighted by Gasteiger charge is -2.31. The van der Waals surface area contributed by atoms with Crippen LogP contribution in [-0.4, -0.2) is 15.7 Å². The largest absolute Gasteiger partial charge is 0.311 e. The molecule has 0 bridgehead atoms. The molecule has 0 fully saturated rings. The van der Waals surface area contributed by atoms with Crippen molar-refractivity contribution in [2.24, 2.45) is 4.74 Å². The van der Waals surface area contributed by atoms with Gasteiger partial charge in [0.1, 0.15) is 5.69 Å². The molecule has 5 aromatic carbocycles. The van der Waals surface area contributed by atoms with Crippen LogP contribution in [0.1, 0.15) is 0 Å². The Labute approximate surface area is 237 Å². The molecule has 7 nitrogen and oxygen atoms in total. The molecule has 0 aromatic heterocycles. The summed E-state index contributed by atoms with van der Waals surface area (Å²) in [6, 6.07) is 40.7. The molecular weight excluding hydrogens is 559 g/mol. The normalized spacial score (nSPS) is 11.3. The highest BCUT2D eigenvalue weighted by molar-refractivity contribution is 7.92. The molecule has 0 saturated carbocycles. The van der Waals surface area contributed by atoms with Crippen molar-refractivity contribution in [2.75, 3.05) is 5.90 Å². The Kier molecular flexibility index (Phi) is 8.44. The number of halogens is 1.